The largest absolute Gasteiger partial charge is 0.410 e. The molecular weight excluding hydrogens is 342 g/mol. The minimum Gasteiger partial charge on any atom is -0.410 e. The van der Waals surface area contributed by atoms with Crippen molar-refractivity contribution in [2.45, 2.75) is 57.7 Å². The van der Waals surface area contributed by atoms with Crippen molar-refractivity contribution >= 4 is 29.0 Å². The summed E-state index contributed by atoms with van der Waals surface area (Å²) >= 11 is 3.04. The standard InChI is InChI=1S/C17H23N3O2S2/c1-4-11(3)18-15(21)9-23-17-20-19-16(22-17)14-8-12-7-10(2)5-6-13(12)24-14/h8,10-11H,4-7,9H2,1-3H3,(H,18,21). The van der Waals surface area contributed by atoms with Gasteiger partial charge in [0.25, 0.3) is 11.1 Å². The number of thiophene rings is 1. The van der Waals surface area contributed by atoms with Crippen LogP contribution in [0.15, 0.2) is 15.7 Å². The zero-order valence-electron chi connectivity index (χ0n) is 14.3. The van der Waals surface area contributed by atoms with Gasteiger partial charge in [0.05, 0.1) is 10.6 Å². The highest BCUT2D eigenvalue weighted by atomic mass is 32.2. The number of aryl methyl sites for hydroxylation is 1. The van der Waals surface area contributed by atoms with Crippen molar-refractivity contribution in [3.8, 4) is 10.8 Å². The number of carbonyl (C=O) groups excluding carboxylic acids is 1. The molecule has 0 aliphatic heterocycles. The number of amides is 1. The van der Waals surface area contributed by atoms with Crippen molar-refractivity contribution in [3.05, 3.63) is 16.5 Å². The highest BCUT2D eigenvalue weighted by molar-refractivity contribution is 7.99. The Bertz CT molecular complexity index is 711. The van der Waals surface area contributed by atoms with Gasteiger partial charge in [-0.3, -0.25) is 4.79 Å². The molecule has 0 fully saturated rings. The highest BCUT2D eigenvalue weighted by Gasteiger charge is 2.21. The van der Waals surface area contributed by atoms with Crippen molar-refractivity contribution in [1.29, 1.82) is 0 Å². The number of aromatic nitrogens is 2. The van der Waals surface area contributed by atoms with Gasteiger partial charge in [-0.2, -0.15) is 0 Å². The number of rotatable bonds is 6. The number of nitrogens with zero attached hydrogens (tertiary/aromatic N) is 2. The Kier molecular flexibility index (Phi) is 5.61. The topological polar surface area (TPSA) is 68.0 Å². The van der Waals surface area contributed by atoms with Crippen molar-refractivity contribution in [3.63, 3.8) is 0 Å². The van der Waals surface area contributed by atoms with Gasteiger partial charge in [-0.05, 0) is 50.2 Å². The molecule has 2 aromatic heterocycles. The summed E-state index contributed by atoms with van der Waals surface area (Å²) in [5, 5.41) is 11.6. The minimum absolute atomic E-state index is 0.00493. The summed E-state index contributed by atoms with van der Waals surface area (Å²) in [4.78, 5) is 14.3. The smallest absolute Gasteiger partial charge is 0.277 e. The maximum atomic E-state index is 11.8. The molecule has 0 saturated heterocycles. The van der Waals surface area contributed by atoms with Gasteiger partial charge in [0.1, 0.15) is 0 Å². The quantitative estimate of drug-likeness (QED) is 0.786. The van der Waals surface area contributed by atoms with E-state index in [4.69, 9.17) is 4.42 Å². The maximum absolute atomic E-state index is 11.8. The number of hydrogen-bond acceptors (Lipinski definition) is 6. The summed E-state index contributed by atoms with van der Waals surface area (Å²) in [6.07, 6.45) is 4.45. The Balaban J connectivity index is 1.61. The first-order chi connectivity index (χ1) is 11.5. The molecule has 130 valence electrons. The Hall–Kier alpha value is -1.34. The second-order valence-corrected chi connectivity index (χ2v) is 8.51. The fraction of sp³-hybridized carbons (Fsp3) is 0.588. The number of nitrogens with one attached hydrogen (secondary N) is 1. The molecule has 0 saturated carbocycles. The fourth-order valence-electron chi connectivity index (χ4n) is 2.72. The molecule has 0 spiro atoms. The van der Waals surface area contributed by atoms with E-state index in [-0.39, 0.29) is 11.9 Å². The summed E-state index contributed by atoms with van der Waals surface area (Å²) in [5.41, 5.74) is 1.43. The van der Waals surface area contributed by atoms with Crippen LogP contribution in [0.2, 0.25) is 0 Å². The first-order valence-corrected chi connectivity index (χ1v) is 10.2. The van der Waals surface area contributed by atoms with Crippen molar-refractivity contribution in [2.24, 2.45) is 5.92 Å². The van der Waals surface area contributed by atoms with E-state index in [0.717, 1.165) is 30.1 Å². The average Bonchev–Trinajstić information content (AvgIpc) is 3.18. The summed E-state index contributed by atoms with van der Waals surface area (Å²) in [5.74, 6) is 1.60. The zero-order valence-corrected chi connectivity index (χ0v) is 15.9. The van der Waals surface area contributed by atoms with E-state index in [0.29, 0.717) is 16.9 Å². The molecule has 1 N–H and O–H groups in total. The maximum Gasteiger partial charge on any atom is 0.277 e. The molecule has 0 bridgehead atoms. The second-order valence-electron chi connectivity index (χ2n) is 6.45. The lowest BCUT2D eigenvalue weighted by molar-refractivity contribution is -0.119. The number of fused-ring (bicyclic) bond motifs is 1. The first kappa shape index (κ1) is 17.5. The Morgan fingerprint density at radius 2 is 2.38 bits per heavy atom. The van der Waals surface area contributed by atoms with E-state index in [1.54, 1.807) is 11.3 Å². The van der Waals surface area contributed by atoms with Crippen LogP contribution in [0.25, 0.3) is 10.8 Å². The summed E-state index contributed by atoms with van der Waals surface area (Å²) in [6, 6.07) is 2.38. The van der Waals surface area contributed by atoms with E-state index in [1.807, 2.05) is 13.8 Å². The summed E-state index contributed by atoms with van der Waals surface area (Å²) in [6.45, 7) is 6.34. The Morgan fingerprint density at radius 3 is 3.17 bits per heavy atom. The molecule has 5 nitrogen and oxygen atoms in total. The first-order valence-electron chi connectivity index (χ1n) is 8.42. The normalized spacial score (nSPS) is 18.2. The third-order valence-corrected chi connectivity index (χ3v) is 6.34. The third kappa shape index (κ3) is 4.19. The van der Waals surface area contributed by atoms with Crippen LogP contribution in [0.4, 0.5) is 0 Å². The molecule has 2 heterocycles. The predicted octanol–water partition coefficient (Wildman–Crippen LogP) is 3.93. The van der Waals surface area contributed by atoms with Crippen LogP contribution in [0.1, 0.15) is 44.1 Å². The van der Waals surface area contributed by atoms with Crippen LogP contribution >= 0.6 is 23.1 Å². The lowest BCUT2D eigenvalue weighted by Gasteiger charge is -2.16. The lowest BCUT2D eigenvalue weighted by Crippen LogP contribution is -2.33. The molecule has 3 rings (SSSR count). The Morgan fingerprint density at radius 1 is 1.54 bits per heavy atom. The van der Waals surface area contributed by atoms with Crippen molar-refractivity contribution < 1.29 is 9.21 Å². The molecule has 2 aromatic rings. The van der Waals surface area contributed by atoms with Crippen molar-refractivity contribution in [1.82, 2.24) is 15.5 Å². The van der Waals surface area contributed by atoms with E-state index in [2.05, 4.69) is 28.5 Å². The molecule has 24 heavy (non-hydrogen) atoms. The third-order valence-electron chi connectivity index (χ3n) is 4.29. The molecular formula is C17H23N3O2S2. The molecule has 2 unspecified atom stereocenters. The Labute approximate surface area is 150 Å². The van der Waals surface area contributed by atoms with E-state index in [9.17, 15) is 4.79 Å². The minimum atomic E-state index is -0.00493. The van der Waals surface area contributed by atoms with Gasteiger partial charge >= 0.3 is 0 Å². The number of thioether (sulfide) groups is 1. The van der Waals surface area contributed by atoms with E-state index >= 15 is 0 Å². The average molecular weight is 366 g/mol. The van der Waals surface area contributed by atoms with Crippen LogP contribution in [0.3, 0.4) is 0 Å². The molecule has 7 heteroatoms. The van der Waals surface area contributed by atoms with Crippen LogP contribution in [-0.4, -0.2) is 27.9 Å². The summed E-state index contributed by atoms with van der Waals surface area (Å²) in [7, 11) is 0. The van der Waals surface area contributed by atoms with Gasteiger partial charge in [0.2, 0.25) is 5.91 Å². The van der Waals surface area contributed by atoms with Gasteiger partial charge in [-0.25, -0.2) is 0 Å². The van der Waals surface area contributed by atoms with Gasteiger partial charge in [-0.1, -0.05) is 25.6 Å². The molecule has 2 atom stereocenters. The monoisotopic (exact) mass is 365 g/mol. The van der Waals surface area contributed by atoms with Gasteiger partial charge < -0.3 is 9.73 Å². The zero-order chi connectivity index (χ0) is 17.1. The molecule has 1 aliphatic carbocycles. The lowest BCUT2D eigenvalue weighted by atomic mass is 9.90. The molecule has 1 amide bonds. The van der Waals surface area contributed by atoms with Gasteiger partial charge in [-0.15, -0.1) is 21.5 Å². The van der Waals surface area contributed by atoms with Crippen molar-refractivity contribution in [2.75, 3.05) is 5.75 Å². The van der Waals surface area contributed by atoms with Gasteiger partial charge in [0.15, 0.2) is 0 Å². The van der Waals surface area contributed by atoms with Gasteiger partial charge in [0, 0.05) is 10.9 Å². The van der Waals surface area contributed by atoms with E-state index in [1.165, 1.54) is 28.6 Å². The summed E-state index contributed by atoms with van der Waals surface area (Å²) < 4.78 is 5.73. The van der Waals surface area contributed by atoms with Crippen LogP contribution in [0.5, 0.6) is 0 Å². The molecule has 0 radical (unpaired) electrons. The van der Waals surface area contributed by atoms with Crippen LogP contribution in [0, 0.1) is 5.92 Å². The number of carbonyl (C=O) groups is 1. The van der Waals surface area contributed by atoms with Crippen LogP contribution < -0.4 is 5.32 Å². The number of hydrogen-bond donors (Lipinski definition) is 1. The second kappa shape index (κ2) is 7.70. The fourth-order valence-corrected chi connectivity index (χ4v) is 4.43. The highest BCUT2D eigenvalue weighted by Crippen LogP contribution is 2.37. The SMILES string of the molecule is CCC(C)NC(=O)CSc1nnc(-c2cc3c(s2)CCC(C)C3)o1. The predicted molar refractivity (Wildman–Crippen MR) is 97.4 cm³/mol. The van der Waals surface area contributed by atoms with Crippen LogP contribution in [-0.2, 0) is 17.6 Å². The van der Waals surface area contributed by atoms with E-state index < -0.39 is 0 Å². The molecule has 0 aromatic carbocycles. The molecule has 1 aliphatic rings.